The Kier molecular flexibility index (Phi) is 3.58. The van der Waals surface area contributed by atoms with Crippen molar-refractivity contribution in [2.45, 2.75) is 13.5 Å². The van der Waals surface area contributed by atoms with Crippen molar-refractivity contribution in [2.75, 3.05) is 0 Å². The minimum absolute atomic E-state index is 0.121. The SMILES string of the molecule is Cc1nc2c(OCc3ccccc3)cccn2c(=N)c1C#N. The van der Waals surface area contributed by atoms with Crippen molar-refractivity contribution in [1.29, 1.82) is 10.7 Å². The molecule has 0 saturated heterocycles. The Morgan fingerprint density at radius 2 is 2.00 bits per heavy atom. The highest BCUT2D eigenvalue weighted by Crippen LogP contribution is 2.18. The second kappa shape index (κ2) is 5.70. The normalized spacial score (nSPS) is 10.4. The molecule has 5 nitrogen and oxygen atoms in total. The van der Waals surface area contributed by atoms with E-state index in [1.807, 2.05) is 42.5 Å². The van der Waals surface area contributed by atoms with Gasteiger partial charge in [0.05, 0.1) is 5.69 Å². The van der Waals surface area contributed by atoms with Crippen LogP contribution in [0.4, 0.5) is 0 Å². The number of aryl methyl sites for hydroxylation is 1. The Morgan fingerprint density at radius 3 is 2.73 bits per heavy atom. The summed E-state index contributed by atoms with van der Waals surface area (Å²) in [6, 6.07) is 15.5. The number of hydrogen-bond donors (Lipinski definition) is 1. The highest BCUT2D eigenvalue weighted by atomic mass is 16.5. The smallest absolute Gasteiger partial charge is 0.181 e. The molecule has 0 aliphatic heterocycles. The second-order valence-electron chi connectivity index (χ2n) is 4.87. The Bertz CT molecular complexity index is 923. The van der Waals surface area contributed by atoms with Crippen LogP contribution in [-0.4, -0.2) is 9.38 Å². The Labute approximate surface area is 127 Å². The molecule has 0 radical (unpaired) electrons. The zero-order valence-electron chi connectivity index (χ0n) is 12.1. The van der Waals surface area contributed by atoms with Gasteiger partial charge in [0.2, 0.25) is 0 Å². The van der Waals surface area contributed by atoms with Crippen LogP contribution >= 0.6 is 0 Å². The zero-order valence-corrected chi connectivity index (χ0v) is 12.1. The van der Waals surface area contributed by atoms with E-state index in [-0.39, 0.29) is 11.1 Å². The maximum Gasteiger partial charge on any atom is 0.181 e. The quantitative estimate of drug-likeness (QED) is 0.805. The summed E-state index contributed by atoms with van der Waals surface area (Å²) in [4.78, 5) is 4.41. The van der Waals surface area contributed by atoms with Crippen LogP contribution in [0.15, 0.2) is 48.7 Å². The van der Waals surface area contributed by atoms with Gasteiger partial charge < -0.3 is 4.74 Å². The van der Waals surface area contributed by atoms with Gasteiger partial charge in [-0.3, -0.25) is 9.81 Å². The molecule has 0 unspecified atom stereocenters. The van der Waals surface area contributed by atoms with Crippen molar-refractivity contribution < 1.29 is 4.74 Å². The summed E-state index contributed by atoms with van der Waals surface area (Å²) in [5, 5.41) is 17.2. The van der Waals surface area contributed by atoms with Crippen molar-refractivity contribution in [2.24, 2.45) is 0 Å². The molecule has 22 heavy (non-hydrogen) atoms. The fourth-order valence-corrected chi connectivity index (χ4v) is 2.26. The first-order valence-electron chi connectivity index (χ1n) is 6.84. The molecule has 0 aliphatic rings. The molecule has 0 bridgehead atoms. The van der Waals surface area contributed by atoms with Gasteiger partial charge in [0.1, 0.15) is 18.2 Å². The molecule has 0 amide bonds. The average Bonchev–Trinajstić information content (AvgIpc) is 2.54. The summed E-state index contributed by atoms with van der Waals surface area (Å²) in [6.45, 7) is 2.15. The highest BCUT2D eigenvalue weighted by molar-refractivity contribution is 5.55. The molecule has 3 rings (SSSR count). The number of nitriles is 1. The molecule has 0 atom stereocenters. The molecular weight excluding hydrogens is 276 g/mol. The van der Waals surface area contributed by atoms with E-state index < -0.39 is 0 Å². The first kappa shape index (κ1) is 13.8. The number of aromatic nitrogens is 2. The summed E-state index contributed by atoms with van der Waals surface area (Å²) >= 11 is 0. The topological polar surface area (TPSA) is 74.2 Å². The van der Waals surface area contributed by atoms with Gasteiger partial charge in [0, 0.05) is 6.20 Å². The Hall–Kier alpha value is -3.13. The van der Waals surface area contributed by atoms with Gasteiger partial charge in [-0.05, 0) is 24.6 Å². The largest absolute Gasteiger partial charge is 0.485 e. The van der Waals surface area contributed by atoms with Crippen LogP contribution in [0.2, 0.25) is 0 Å². The number of pyridine rings is 1. The van der Waals surface area contributed by atoms with Gasteiger partial charge in [-0.1, -0.05) is 30.3 Å². The van der Waals surface area contributed by atoms with Crippen LogP contribution < -0.4 is 10.2 Å². The third-order valence-corrected chi connectivity index (χ3v) is 3.39. The van der Waals surface area contributed by atoms with Gasteiger partial charge in [0.15, 0.2) is 16.9 Å². The Morgan fingerprint density at radius 1 is 1.23 bits per heavy atom. The van der Waals surface area contributed by atoms with Crippen LogP contribution in [0, 0.1) is 23.7 Å². The summed E-state index contributed by atoms with van der Waals surface area (Å²) < 4.78 is 7.40. The lowest BCUT2D eigenvalue weighted by Crippen LogP contribution is -2.20. The lowest BCUT2D eigenvalue weighted by atomic mass is 10.2. The van der Waals surface area contributed by atoms with Crippen LogP contribution in [0.25, 0.3) is 5.65 Å². The van der Waals surface area contributed by atoms with Gasteiger partial charge in [-0.15, -0.1) is 0 Å². The fraction of sp³-hybridized carbons (Fsp3) is 0.118. The minimum atomic E-state index is 0.121. The predicted octanol–water partition coefficient (Wildman–Crippen LogP) is 2.57. The van der Waals surface area contributed by atoms with E-state index in [2.05, 4.69) is 4.98 Å². The third-order valence-electron chi connectivity index (χ3n) is 3.39. The summed E-state index contributed by atoms with van der Waals surface area (Å²) in [5.74, 6) is 0.590. The van der Waals surface area contributed by atoms with Crippen LogP contribution in [0.3, 0.4) is 0 Å². The lowest BCUT2D eigenvalue weighted by Gasteiger charge is -2.11. The molecule has 0 spiro atoms. The van der Waals surface area contributed by atoms with Gasteiger partial charge in [0.25, 0.3) is 0 Å². The predicted molar refractivity (Wildman–Crippen MR) is 81.3 cm³/mol. The van der Waals surface area contributed by atoms with Crippen molar-refractivity contribution in [3.05, 3.63) is 71.0 Å². The van der Waals surface area contributed by atoms with E-state index >= 15 is 0 Å². The molecule has 5 heteroatoms. The van der Waals surface area contributed by atoms with E-state index in [1.54, 1.807) is 23.6 Å². The zero-order chi connectivity index (χ0) is 15.5. The number of nitrogens with zero attached hydrogens (tertiary/aromatic N) is 3. The second-order valence-corrected chi connectivity index (χ2v) is 4.87. The van der Waals surface area contributed by atoms with Gasteiger partial charge in [-0.2, -0.15) is 5.26 Å². The number of fused-ring (bicyclic) bond motifs is 1. The molecule has 2 heterocycles. The monoisotopic (exact) mass is 290 g/mol. The third kappa shape index (κ3) is 2.42. The average molecular weight is 290 g/mol. The molecule has 1 aromatic carbocycles. The molecule has 2 aromatic heterocycles. The van der Waals surface area contributed by atoms with E-state index in [9.17, 15) is 0 Å². The summed E-state index contributed by atoms with van der Waals surface area (Å²) in [7, 11) is 0. The van der Waals surface area contributed by atoms with Crippen molar-refractivity contribution in [3.8, 4) is 11.8 Å². The number of rotatable bonds is 3. The molecule has 0 aliphatic carbocycles. The first-order valence-corrected chi connectivity index (χ1v) is 6.84. The standard InChI is InChI=1S/C17H14N4O/c1-12-14(10-18)16(19)21-9-5-8-15(17(21)20-12)22-11-13-6-3-2-4-7-13/h2-9,19H,11H2,1H3. The highest BCUT2D eigenvalue weighted by Gasteiger charge is 2.10. The van der Waals surface area contributed by atoms with Crippen molar-refractivity contribution >= 4 is 5.65 Å². The molecule has 1 N–H and O–H groups in total. The summed E-state index contributed by atoms with van der Waals surface area (Å²) in [5.41, 5.74) is 2.53. The van der Waals surface area contributed by atoms with Crippen LogP contribution in [-0.2, 0) is 6.61 Å². The molecule has 0 saturated carbocycles. The van der Waals surface area contributed by atoms with E-state index in [4.69, 9.17) is 15.4 Å². The van der Waals surface area contributed by atoms with Gasteiger partial charge >= 0.3 is 0 Å². The van der Waals surface area contributed by atoms with E-state index in [1.165, 1.54) is 0 Å². The fourth-order valence-electron chi connectivity index (χ4n) is 2.26. The van der Waals surface area contributed by atoms with Crippen molar-refractivity contribution in [1.82, 2.24) is 9.38 Å². The van der Waals surface area contributed by atoms with E-state index in [0.717, 1.165) is 5.56 Å². The minimum Gasteiger partial charge on any atom is -0.485 e. The number of benzene rings is 1. The first-order chi connectivity index (χ1) is 10.7. The van der Waals surface area contributed by atoms with Crippen molar-refractivity contribution in [3.63, 3.8) is 0 Å². The molecule has 108 valence electrons. The lowest BCUT2D eigenvalue weighted by molar-refractivity contribution is 0.307. The summed E-state index contributed by atoms with van der Waals surface area (Å²) in [6.07, 6.45) is 1.71. The number of hydrogen-bond acceptors (Lipinski definition) is 4. The molecule has 0 fully saturated rings. The maximum atomic E-state index is 9.13. The van der Waals surface area contributed by atoms with Crippen LogP contribution in [0.5, 0.6) is 5.75 Å². The Balaban J connectivity index is 2.04. The van der Waals surface area contributed by atoms with Gasteiger partial charge in [-0.25, -0.2) is 4.98 Å². The maximum absolute atomic E-state index is 9.13. The van der Waals surface area contributed by atoms with E-state index in [0.29, 0.717) is 23.7 Å². The molecule has 3 aromatic rings. The number of ether oxygens (including phenoxy) is 1. The molecular formula is C17H14N4O. The number of nitrogens with one attached hydrogen (secondary N) is 1. The van der Waals surface area contributed by atoms with Crippen LogP contribution in [0.1, 0.15) is 16.8 Å².